The Labute approximate surface area is 124 Å². The van der Waals surface area contributed by atoms with Crippen LogP contribution >= 0.6 is 0 Å². The molecule has 0 unspecified atom stereocenters. The van der Waals surface area contributed by atoms with E-state index in [9.17, 15) is 0 Å². The molecular formula is C13H23N7O. The molecule has 2 rings (SSSR count). The van der Waals surface area contributed by atoms with E-state index in [0.29, 0.717) is 19.1 Å². The smallest absolute Gasteiger partial charge is 0.226 e. The van der Waals surface area contributed by atoms with E-state index < -0.39 is 0 Å². The zero-order chi connectivity index (χ0) is 15.1. The summed E-state index contributed by atoms with van der Waals surface area (Å²) in [4.78, 5) is 10.9. The van der Waals surface area contributed by atoms with Gasteiger partial charge in [0.25, 0.3) is 0 Å². The minimum Gasteiger partial charge on any atom is -0.378 e. The van der Waals surface area contributed by atoms with E-state index in [0.717, 1.165) is 36.5 Å². The second-order valence-corrected chi connectivity index (χ2v) is 4.90. The molecule has 2 aromatic rings. The molecule has 0 spiro atoms. The average Bonchev–Trinajstić information content (AvgIpc) is 2.91. The predicted octanol–water partition coefficient (Wildman–Crippen LogP) is 0.775. The van der Waals surface area contributed by atoms with E-state index in [-0.39, 0.29) is 0 Å². The zero-order valence-electron chi connectivity index (χ0n) is 12.8. The lowest BCUT2D eigenvalue weighted by Gasteiger charge is -2.11. The van der Waals surface area contributed by atoms with Crippen molar-refractivity contribution in [3.05, 3.63) is 6.20 Å². The van der Waals surface area contributed by atoms with Gasteiger partial charge in [-0.25, -0.2) is 0 Å². The Kier molecular flexibility index (Phi) is 5.70. The number of ether oxygens (including phenoxy) is 1. The van der Waals surface area contributed by atoms with Crippen LogP contribution in [0.2, 0.25) is 0 Å². The van der Waals surface area contributed by atoms with Crippen molar-refractivity contribution in [1.82, 2.24) is 25.1 Å². The summed E-state index contributed by atoms with van der Waals surface area (Å²) in [6.45, 7) is 5.75. The fourth-order valence-electron chi connectivity index (χ4n) is 1.80. The van der Waals surface area contributed by atoms with Crippen molar-refractivity contribution < 1.29 is 4.74 Å². The van der Waals surface area contributed by atoms with Crippen LogP contribution in [0.15, 0.2) is 6.20 Å². The van der Waals surface area contributed by atoms with Gasteiger partial charge in [0.1, 0.15) is 5.82 Å². The van der Waals surface area contributed by atoms with Crippen LogP contribution in [0.1, 0.15) is 6.92 Å². The van der Waals surface area contributed by atoms with Gasteiger partial charge >= 0.3 is 0 Å². The van der Waals surface area contributed by atoms with Crippen LogP contribution in [0.5, 0.6) is 0 Å². The number of fused-ring (bicyclic) bond motifs is 1. The van der Waals surface area contributed by atoms with Crippen molar-refractivity contribution in [2.45, 2.75) is 6.92 Å². The third kappa shape index (κ3) is 4.54. The van der Waals surface area contributed by atoms with Gasteiger partial charge in [0.15, 0.2) is 5.65 Å². The second kappa shape index (κ2) is 7.75. The van der Waals surface area contributed by atoms with Crippen LogP contribution in [-0.2, 0) is 4.74 Å². The maximum Gasteiger partial charge on any atom is 0.226 e. The largest absolute Gasteiger partial charge is 0.378 e. The van der Waals surface area contributed by atoms with E-state index in [1.54, 1.807) is 6.20 Å². The van der Waals surface area contributed by atoms with Gasteiger partial charge in [-0.05, 0) is 21.0 Å². The molecule has 0 saturated heterocycles. The lowest BCUT2D eigenvalue weighted by atomic mass is 10.4. The summed E-state index contributed by atoms with van der Waals surface area (Å²) in [5.74, 6) is 1.35. The first kappa shape index (κ1) is 15.5. The van der Waals surface area contributed by atoms with Crippen molar-refractivity contribution in [3.63, 3.8) is 0 Å². The molecule has 0 aliphatic rings. The maximum absolute atomic E-state index is 5.55. The van der Waals surface area contributed by atoms with Crippen molar-refractivity contribution >= 4 is 22.8 Å². The number of nitrogens with one attached hydrogen (secondary N) is 3. The third-order valence-corrected chi connectivity index (χ3v) is 2.87. The Balaban J connectivity index is 1.89. The van der Waals surface area contributed by atoms with Crippen LogP contribution in [0.4, 0.5) is 11.8 Å². The Morgan fingerprint density at radius 1 is 1.24 bits per heavy atom. The van der Waals surface area contributed by atoms with E-state index in [1.807, 2.05) is 21.0 Å². The Morgan fingerprint density at radius 2 is 2.10 bits per heavy atom. The minimum absolute atomic E-state index is 0.588. The monoisotopic (exact) mass is 293 g/mol. The molecule has 116 valence electrons. The number of aromatic nitrogens is 4. The number of H-pyrrole nitrogens is 1. The third-order valence-electron chi connectivity index (χ3n) is 2.87. The van der Waals surface area contributed by atoms with Gasteiger partial charge in [0, 0.05) is 19.6 Å². The number of aromatic amines is 1. The molecule has 0 radical (unpaired) electrons. The zero-order valence-corrected chi connectivity index (χ0v) is 12.8. The lowest BCUT2D eigenvalue weighted by Crippen LogP contribution is -2.20. The Morgan fingerprint density at radius 3 is 2.86 bits per heavy atom. The van der Waals surface area contributed by atoms with E-state index >= 15 is 0 Å². The highest BCUT2D eigenvalue weighted by Crippen LogP contribution is 2.19. The van der Waals surface area contributed by atoms with Gasteiger partial charge in [-0.1, -0.05) is 0 Å². The molecule has 21 heavy (non-hydrogen) atoms. The van der Waals surface area contributed by atoms with Crippen molar-refractivity contribution in [2.24, 2.45) is 0 Å². The molecule has 0 atom stereocenters. The SMILES string of the molecule is CCNc1nc(NCCOCCN(C)C)c2cn[nH]c2n1. The quantitative estimate of drug-likeness (QED) is 0.588. The fourth-order valence-corrected chi connectivity index (χ4v) is 1.80. The predicted molar refractivity (Wildman–Crippen MR) is 83.7 cm³/mol. The highest BCUT2D eigenvalue weighted by Gasteiger charge is 2.08. The molecule has 0 aromatic carbocycles. The summed E-state index contributed by atoms with van der Waals surface area (Å²) in [6.07, 6.45) is 1.72. The first-order chi connectivity index (χ1) is 10.2. The molecular weight excluding hydrogens is 270 g/mol. The molecule has 2 aromatic heterocycles. The van der Waals surface area contributed by atoms with Crippen LogP contribution in [0, 0.1) is 0 Å². The molecule has 8 heteroatoms. The van der Waals surface area contributed by atoms with Gasteiger partial charge in [0.2, 0.25) is 5.95 Å². The van der Waals surface area contributed by atoms with Gasteiger partial charge in [-0.3, -0.25) is 5.10 Å². The standard InChI is InChI=1S/C13H23N7O/c1-4-14-13-17-11(10-9-16-19-12(10)18-13)15-5-7-21-8-6-20(2)3/h9H,4-8H2,1-3H3,(H3,14,15,16,17,18,19). The number of hydrogen-bond acceptors (Lipinski definition) is 7. The highest BCUT2D eigenvalue weighted by molar-refractivity contribution is 5.86. The topological polar surface area (TPSA) is 91.0 Å². The second-order valence-electron chi connectivity index (χ2n) is 4.90. The van der Waals surface area contributed by atoms with E-state index in [2.05, 4.69) is 35.7 Å². The number of rotatable bonds is 9. The summed E-state index contributed by atoms with van der Waals surface area (Å²) in [5, 5.41) is 14.1. The fraction of sp³-hybridized carbons (Fsp3) is 0.615. The lowest BCUT2D eigenvalue weighted by molar-refractivity contribution is 0.126. The number of anilines is 2. The molecule has 0 fully saturated rings. The minimum atomic E-state index is 0.588. The molecule has 0 bridgehead atoms. The molecule has 2 heterocycles. The van der Waals surface area contributed by atoms with E-state index in [1.165, 1.54) is 0 Å². The molecule has 0 amide bonds. The summed E-state index contributed by atoms with van der Waals surface area (Å²) < 4.78 is 5.55. The molecule has 0 saturated carbocycles. The van der Waals surface area contributed by atoms with Crippen LogP contribution in [-0.4, -0.2) is 72.0 Å². The van der Waals surface area contributed by atoms with Gasteiger partial charge in [-0.2, -0.15) is 15.1 Å². The Hall–Kier alpha value is -1.93. The number of hydrogen-bond donors (Lipinski definition) is 3. The van der Waals surface area contributed by atoms with Crippen molar-refractivity contribution in [1.29, 1.82) is 0 Å². The Bertz CT molecular complexity index is 554. The summed E-state index contributed by atoms with van der Waals surface area (Å²) in [5.41, 5.74) is 0.719. The summed E-state index contributed by atoms with van der Waals surface area (Å²) in [6, 6.07) is 0. The summed E-state index contributed by atoms with van der Waals surface area (Å²) >= 11 is 0. The summed E-state index contributed by atoms with van der Waals surface area (Å²) in [7, 11) is 4.06. The molecule has 0 aliphatic carbocycles. The maximum atomic E-state index is 5.55. The van der Waals surface area contributed by atoms with E-state index in [4.69, 9.17) is 4.74 Å². The first-order valence-electron chi connectivity index (χ1n) is 7.12. The van der Waals surface area contributed by atoms with Gasteiger partial charge in [0.05, 0.1) is 24.8 Å². The number of nitrogens with zero attached hydrogens (tertiary/aromatic N) is 4. The van der Waals surface area contributed by atoms with Crippen molar-refractivity contribution in [2.75, 3.05) is 57.6 Å². The number of likely N-dealkylation sites (N-methyl/N-ethyl adjacent to an activating group) is 1. The normalized spacial score (nSPS) is 11.2. The van der Waals surface area contributed by atoms with Crippen molar-refractivity contribution in [3.8, 4) is 0 Å². The van der Waals surface area contributed by atoms with Crippen LogP contribution < -0.4 is 10.6 Å². The highest BCUT2D eigenvalue weighted by atomic mass is 16.5. The molecule has 3 N–H and O–H groups in total. The first-order valence-corrected chi connectivity index (χ1v) is 7.12. The van der Waals surface area contributed by atoms with Gasteiger partial charge in [-0.15, -0.1) is 0 Å². The van der Waals surface area contributed by atoms with Crippen LogP contribution in [0.25, 0.3) is 11.0 Å². The molecule has 0 aliphatic heterocycles. The van der Waals surface area contributed by atoms with Gasteiger partial charge < -0.3 is 20.3 Å². The van der Waals surface area contributed by atoms with Crippen LogP contribution in [0.3, 0.4) is 0 Å². The average molecular weight is 293 g/mol. The molecule has 8 nitrogen and oxygen atoms in total.